The molecule has 5 unspecified atom stereocenters. The zero-order valence-corrected chi connectivity index (χ0v) is 26.2. The van der Waals surface area contributed by atoms with Crippen LogP contribution in [0.25, 0.3) is 0 Å². The molecule has 0 N–H and O–H groups in total. The van der Waals surface area contributed by atoms with Gasteiger partial charge in [0, 0.05) is 121 Å². The monoisotopic (exact) mass is 740 g/mol. The van der Waals surface area contributed by atoms with E-state index in [1.807, 2.05) is 12.3 Å². The van der Waals surface area contributed by atoms with Crippen molar-refractivity contribution in [1.82, 2.24) is 0 Å². The number of hydrogen-bond acceptors (Lipinski definition) is 6. The predicted octanol–water partition coefficient (Wildman–Crippen LogP) is 20.3. The summed E-state index contributed by atoms with van der Waals surface area (Å²) in [5.74, 6) is -0.286. The summed E-state index contributed by atoms with van der Waals surface area (Å²) in [6.45, 7) is 18.8. The largest absolute Gasteiger partial charge is 1.00 e. The van der Waals surface area contributed by atoms with Gasteiger partial charge in [0.25, 0.3) is 0 Å². The Balaban J connectivity index is -0.00000000320. The summed E-state index contributed by atoms with van der Waals surface area (Å²) in [6, 6.07) is 3.19. The summed E-state index contributed by atoms with van der Waals surface area (Å²) < 4.78 is 20.2. The Morgan fingerprint density at radius 1 is 1.17 bits per heavy atom. The standard InChI is InChI=1S/C28H40NO4S2.BrH.71H2/c1-10-29(16(2)3)21-13-20(14-22(29)27(8)26(21,7)33-27)32-25(30)28(31-9,23-17(4)11-12-34-23)24-19(6)18(5)15-35-24;;;;;;;;;;;;;;;;;;;;;;;;;;;;;;;;;;;;;;;;;;;;;;;;;;;;;;;;;;;;;;;;;;;;;;;;/h11-12,15-16,20-22H,10,13-14H2,1-9H3;72*1H/q+1;;;;;;;;;;;;;;;;;;;;;;;;;;;;;;;;;;;;;;;;;;;;;;;;;;;;;;;;;;;;;;;;;;;;;;;;/p-1. The molecular weight excluding hydrogens is 558 g/mol. The van der Waals surface area contributed by atoms with Crippen molar-refractivity contribution in [2.75, 3.05) is 13.7 Å². The molecule has 5 atom stereocenters. The molecule has 5 nitrogen and oxygen atoms in total. The normalized spacial score (nSPS) is 36.2. The second-order valence-electron chi connectivity index (χ2n) is 11.4. The molecule has 0 radical (unpaired) electrons. The number of piperidine rings is 1. The fourth-order valence-electron chi connectivity index (χ4n) is 7.78. The number of likely N-dealkylation sites (N-methyl/N-ethyl adjacent to an activating group) is 1. The van der Waals surface area contributed by atoms with E-state index >= 15 is 0 Å². The second kappa shape index (κ2) is 9.16. The predicted molar refractivity (Wildman–Crippen MR) is 291 cm³/mol. The maximum absolute atomic E-state index is 14.3. The first kappa shape index (κ1) is 28.2. The van der Waals surface area contributed by atoms with Crippen LogP contribution in [0.15, 0.2) is 16.8 Å². The van der Waals surface area contributed by atoms with E-state index in [1.165, 1.54) is 5.56 Å². The number of carbonyl (C=O) groups is 1. The maximum atomic E-state index is 14.3. The van der Waals surface area contributed by atoms with Gasteiger partial charge in [0.05, 0.1) is 22.3 Å². The Morgan fingerprint density at radius 3 is 2.19 bits per heavy atom. The van der Waals surface area contributed by atoms with Gasteiger partial charge in [0.1, 0.15) is 18.2 Å². The SMILES string of the molecule is CC[N+]1(C(C)C)C2CC(OC(=O)C(OC)(c3sccc3C)c3scc(C)c3C)CC1C1(C)OC21C.[Br-].[HH].[HH].[HH].[HH].[HH].[HH].[HH].[HH].[HH].[HH].[HH].[HH].[HH].[HH].[HH].[HH].[HH].[HH].[HH].[HH].[HH].[HH].[HH].[HH].[HH].[HH].[HH].[HH].[HH].[HH].[HH].[HH].[HH].[HH].[HH].[HH].[HH].[HH].[HH].[HH].[HH].[HH].[HH].[HH].[HH].[HH].[HH].[HH].[HH].[HH].[HH].[HH].[HH].[HH].[HH].[HH].[HH].[HH].[HH].[HH].[HH].[HH].[HH].[HH].[HH].[HH].[HH].[HH].[HH].[HH].[HH]. The Bertz CT molecular complexity index is 1230. The Labute approximate surface area is 339 Å². The van der Waals surface area contributed by atoms with Crippen molar-refractivity contribution >= 4 is 28.6 Å². The first-order valence-corrected chi connectivity index (χ1v) is 14.6. The quantitative estimate of drug-likeness (QED) is 0.161. The summed E-state index contributed by atoms with van der Waals surface area (Å²) >= 11 is 3.16. The van der Waals surface area contributed by atoms with Crippen molar-refractivity contribution in [3.8, 4) is 0 Å². The highest BCUT2D eigenvalue weighted by molar-refractivity contribution is 7.12. The van der Waals surface area contributed by atoms with Crippen LogP contribution in [-0.4, -0.2) is 59.5 Å². The Hall–Kier alpha value is -0.770. The molecule has 2 aromatic rings. The molecule has 0 saturated carbocycles. The van der Waals surface area contributed by atoms with E-state index < -0.39 is 5.60 Å². The van der Waals surface area contributed by atoms with Gasteiger partial charge in [0.15, 0.2) is 11.2 Å². The number of quaternary nitrogens is 1. The van der Waals surface area contributed by atoms with Crippen LogP contribution in [0.1, 0.15) is 175 Å². The van der Waals surface area contributed by atoms with Gasteiger partial charge < -0.3 is 35.7 Å². The smallest absolute Gasteiger partial charge is 0.349 e. The molecule has 0 spiro atoms. The minimum absolute atomic E-state index is 0. The van der Waals surface area contributed by atoms with Crippen LogP contribution in [0, 0.1) is 20.8 Å². The number of thiophene rings is 2. The Kier molecular flexibility index (Phi) is 7.19. The van der Waals surface area contributed by atoms with Crippen LogP contribution < -0.4 is 17.0 Å². The molecule has 8 heteroatoms. The van der Waals surface area contributed by atoms with E-state index in [0.29, 0.717) is 18.1 Å². The highest BCUT2D eigenvalue weighted by Crippen LogP contribution is 2.68. The molecule has 0 amide bonds. The van der Waals surface area contributed by atoms with Crippen molar-refractivity contribution in [1.29, 1.82) is 0 Å². The van der Waals surface area contributed by atoms with Crippen LogP contribution in [-0.2, 0) is 24.6 Å². The summed E-state index contributed by atoms with van der Waals surface area (Å²) in [5, 5.41) is 4.14. The average molecular weight is 742 g/mol. The zero-order chi connectivity index (χ0) is 25.6. The van der Waals surface area contributed by atoms with Crippen molar-refractivity contribution < 1.29 is 142 Å². The molecule has 0 aromatic carbocycles. The lowest BCUT2D eigenvalue weighted by Crippen LogP contribution is -3.00. The van der Waals surface area contributed by atoms with Gasteiger partial charge in [-0.05, 0) is 88.9 Å². The van der Waals surface area contributed by atoms with Gasteiger partial charge >= 0.3 is 5.97 Å². The molecule has 2 aromatic heterocycles. The lowest BCUT2D eigenvalue weighted by Gasteiger charge is -2.54. The third-order valence-corrected chi connectivity index (χ3v) is 12.4. The first-order chi connectivity index (χ1) is 16.4. The van der Waals surface area contributed by atoms with E-state index in [9.17, 15) is 4.79 Å². The molecular formula is C28H182BrNO4S2. The number of nitrogens with zero attached hydrogens (tertiary/aromatic N) is 1. The number of halogens is 1. The molecule has 342 valence electrons. The van der Waals surface area contributed by atoms with E-state index in [0.717, 1.165) is 44.8 Å². The highest BCUT2D eigenvalue weighted by atomic mass is 79.9. The number of fused-ring (bicyclic) bond motifs is 5. The fraction of sp³-hybridized carbons (Fsp3) is 0.679. The number of ether oxygens (including phenoxy) is 3. The van der Waals surface area contributed by atoms with Crippen molar-refractivity contribution in [2.45, 2.75) is 109 Å². The van der Waals surface area contributed by atoms with Crippen LogP contribution in [0.4, 0.5) is 0 Å². The van der Waals surface area contributed by atoms with Crippen LogP contribution in [0.5, 0.6) is 0 Å². The number of esters is 1. The van der Waals surface area contributed by atoms with Gasteiger partial charge in [-0.1, -0.05) is 0 Å². The topological polar surface area (TPSA) is 48.1 Å². The lowest BCUT2D eigenvalue weighted by atomic mass is 9.89. The third-order valence-electron chi connectivity index (χ3n) is 9.94. The second-order valence-corrected chi connectivity index (χ2v) is 13.2. The van der Waals surface area contributed by atoms with Gasteiger partial charge in [-0.25, -0.2) is 4.79 Å². The Morgan fingerprint density at radius 2 is 1.78 bits per heavy atom. The molecule has 3 aliphatic heterocycles. The number of carbonyl (C=O) groups excluding carboxylic acids is 1. The molecule has 36 heavy (non-hydrogen) atoms. The average Bonchev–Trinajstić information content (AvgIpc) is 3.05. The fourth-order valence-corrected chi connectivity index (χ4v) is 10.2. The summed E-state index contributed by atoms with van der Waals surface area (Å²) in [6.07, 6.45) is 1.51. The molecule has 0 aliphatic carbocycles. The first-order valence-electron chi connectivity index (χ1n) is 12.9. The van der Waals surface area contributed by atoms with E-state index in [2.05, 4.69) is 59.9 Å². The van der Waals surface area contributed by atoms with Crippen molar-refractivity contribution in [2.24, 2.45) is 0 Å². The minimum Gasteiger partial charge on any atom is -1.00 e. The van der Waals surface area contributed by atoms with E-state index in [4.69, 9.17) is 14.2 Å². The van der Waals surface area contributed by atoms with Crippen molar-refractivity contribution in [3.63, 3.8) is 0 Å². The van der Waals surface area contributed by atoms with Gasteiger partial charge in [0.2, 0.25) is 5.60 Å². The number of rotatable bonds is 7. The zero-order valence-electron chi connectivity index (χ0n) is 22.9. The van der Waals surface area contributed by atoms with E-state index in [1.54, 1.807) is 29.8 Å². The minimum atomic E-state index is -1.24. The number of aryl methyl sites for hydroxylation is 2. The molecule has 3 fully saturated rings. The van der Waals surface area contributed by atoms with Crippen LogP contribution >= 0.6 is 22.7 Å². The molecule has 3 aliphatic rings. The van der Waals surface area contributed by atoms with Gasteiger partial charge in [-0.3, -0.25) is 0 Å². The summed E-state index contributed by atoms with van der Waals surface area (Å²) in [7, 11) is 1.64. The number of morpholine rings is 1. The van der Waals surface area contributed by atoms with Gasteiger partial charge in [-0.15, -0.1) is 22.7 Å². The van der Waals surface area contributed by atoms with Gasteiger partial charge in [-0.2, -0.15) is 0 Å². The highest BCUT2D eigenvalue weighted by Gasteiger charge is 2.87. The molecule has 3 saturated heterocycles. The molecule has 5 rings (SSSR count). The van der Waals surface area contributed by atoms with Crippen molar-refractivity contribution in [3.05, 3.63) is 43.3 Å². The number of hydrogen-bond donors (Lipinski definition) is 0. The lowest BCUT2D eigenvalue weighted by molar-refractivity contribution is -0.992. The van der Waals surface area contributed by atoms with Crippen LogP contribution in [0.3, 0.4) is 0 Å². The van der Waals surface area contributed by atoms with E-state index in [-0.39, 0.29) is 142 Å². The summed E-state index contributed by atoms with van der Waals surface area (Å²) in [5.41, 5.74) is 1.79. The number of methoxy groups -OCH3 is 1. The number of epoxide rings is 1. The summed E-state index contributed by atoms with van der Waals surface area (Å²) in [4.78, 5) is 16.1. The van der Waals surface area contributed by atoms with Crippen LogP contribution in [0.2, 0.25) is 0 Å². The molecule has 5 heterocycles. The maximum Gasteiger partial charge on any atom is 0.349 e. The third kappa shape index (κ3) is 3.37. The molecule has 2 bridgehead atoms.